The van der Waals surface area contributed by atoms with Gasteiger partial charge in [0.15, 0.2) is 0 Å². The van der Waals surface area contributed by atoms with Gasteiger partial charge >= 0.3 is 6.03 Å². The molecule has 1 aliphatic heterocycles. The summed E-state index contributed by atoms with van der Waals surface area (Å²) in [6, 6.07) is 16.0. The number of piperazine rings is 1. The van der Waals surface area contributed by atoms with Crippen LogP contribution in [0.15, 0.2) is 48.5 Å². The zero-order chi connectivity index (χ0) is 19.5. The van der Waals surface area contributed by atoms with Crippen molar-refractivity contribution in [3.05, 3.63) is 59.1 Å². The minimum Gasteiger partial charge on any atom is -0.497 e. The number of rotatable bonds is 5. The SMILES string of the molecule is COc1ccc(N2CCN(C(=O)NC(c3ccc(Cl)cc3)C3CC3)CC2)cc1. The summed E-state index contributed by atoms with van der Waals surface area (Å²) < 4.78 is 5.22. The topological polar surface area (TPSA) is 44.8 Å². The minimum absolute atomic E-state index is 0.0289. The Bertz CT molecular complexity index is 798. The average molecular weight is 400 g/mol. The summed E-state index contributed by atoms with van der Waals surface area (Å²) in [5.41, 5.74) is 2.30. The van der Waals surface area contributed by atoms with Gasteiger partial charge in [-0.25, -0.2) is 4.79 Å². The van der Waals surface area contributed by atoms with Crippen molar-refractivity contribution in [1.29, 1.82) is 0 Å². The first-order valence-corrected chi connectivity index (χ1v) is 10.2. The quantitative estimate of drug-likeness (QED) is 0.813. The predicted molar refractivity (Wildman–Crippen MR) is 112 cm³/mol. The summed E-state index contributed by atoms with van der Waals surface area (Å²) in [6.07, 6.45) is 2.33. The Morgan fingerprint density at radius 3 is 2.25 bits per heavy atom. The molecule has 1 heterocycles. The molecule has 0 spiro atoms. The minimum atomic E-state index is 0.0289. The maximum Gasteiger partial charge on any atom is 0.318 e. The maximum absolute atomic E-state index is 12.9. The smallest absolute Gasteiger partial charge is 0.318 e. The third-order valence-corrected chi connectivity index (χ3v) is 5.86. The van der Waals surface area contributed by atoms with Crippen molar-refractivity contribution in [3.8, 4) is 5.75 Å². The molecule has 1 saturated carbocycles. The molecule has 1 saturated heterocycles. The van der Waals surface area contributed by atoms with E-state index in [0.29, 0.717) is 5.92 Å². The zero-order valence-electron chi connectivity index (χ0n) is 16.1. The van der Waals surface area contributed by atoms with Crippen LogP contribution in [0.2, 0.25) is 5.02 Å². The summed E-state index contributed by atoms with van der Waals surface area (Å²) in [6.45, 7) is 3.09. The predicted octanol–water partition coefficient (Wildman–Crippen LogP) is 4.33. The Hall–Kier alpha value is -2.40. The molecular formula is C22H26ClN3O2. The van der Waals surface area contributed by atoms with Crippen LogP contribution in [0.4, 0.5) is 10.5 Å². The molecular weight excluding hydrogens is 374 g/mol. The first kappa shape index (κ1) is 18.9. The third-order valence-electron chi connectivity index (χ3n) is 5.61. The molecule has 2 aromatic carbocycles. The van der Waals surface area contributed by atoms with Crippen molar-refractivity contribution in [2.24, 2.45) is 5.92 Å². The molecule has 6 heteroatoms. The monoisotopic (exact) mass is 399 g/mol. The number of nitrogens with one attached hydrogen (secondary N) is 1. The largest absolute Gasteiger partial charge is 0.497 e. The van der Waals surface area contributed by atoms with Crippen LogP contribution >= 0.6 is 11.6 Å². The van der Waals surface area contributed by atoms with Gasteiger partial charge in [-0.05, 0) is 60.7 Å². The van der Waals surface area contributed by atoms with Crippen molar-refractivity contribution in [1.82, 2.24) is 10.2 Å². The Kier molecular flexibility index (Phi) is 5.62. The number of amides is 2. The number of anilines is 1. The van der Waals surface area contributed by atoms with Crippen LogP contribution in [0, 0.1) is 5.92 Å². The fraction of sp³-hybridized carbons (Fsp3) is 0.409. The molecule has 2 amide bonds. The van der Waals surface area contributed by atoms with Crippen LogP contribution in [0.25, 0.3) is 0 Å². The van der Waals surface area contributed by atoms with Crippen LogP contribution in [-0.4, -0.2) is 44.2 Å². The van der Waals surface area contributed by atoms with Crippen molar-refractivity contribution in [2.45, 2.75) is 18.9 Å². The Morgan fingerprint density at radius 1 is 1.04 bits per heavy atom. The fourth-order valence-corrected chi connectivity index (χ4v) is 3.88. The van der Waals surface area contributed by atoms with E-state index in [-0.39, 0.29) is 12.1 Å². The summed E-state index contributed by atoms with van der Waals surface area (Å²) in [7, 11) is 1.67. The van der Waals surface area contributed by atoms with Gasteiger partial charge in [-0.15, -0.1) is 0 Å². The Morgan fingerprint density at radius 2 is 1.68 bits per heavy atom. The zero-order valence-corrected chi connectivity index (χ0v) is 16.9. The number of halogens is 1. The van der Waals surface area contributed by atoms with E-state index < -0.39 is 0 Å². The van der Waals surface area contributed by atoms with Gasteiger partial charge < -0.3 is 19.9 Å². The first-order chi connectivity index (χ1) is 13.6. The van der Waals surface area contributed by atoms with Crippen LogP contribution in [0.3, 0.4) is 0 Å². The first-order valence-electron chi connectivity index (χ1n) is 9.84. The highest BCUT2D eigenvalue weighted by atomic mass is 35.5. The van der Waals surface area contributed by atoms with Crippen LogP contribution in [0.1, 0.15) is 24.4 Å². The van der Waals surface area contributed by atoms with Crippen LogP contribution in [-0.2, 0) is 0 Å². The molecule has 2 aromatic rings. The van der Waals surface area contributed by atoms with Crippen LogP contribution < -0.4 is 15.0 Å². The summed E-state index contributed by atoms with van der Waals surface area (Å²) in [4.78, 5) is 17.1. The van der Waals surface area contributed by atoms with Gasteiger partial charge in [0.1, 0.15) is 5.75 Å². The molecule has 1 N–H and O–H groups in total. The number of carbonyl (C=O) groups is 1. The van der Waals surface area contributed by atoms with E-state index in [1.807, 2.05) is 41.3 Å². The molecule has 4 rings (SSSR count). The Balaban J connectivity index is 1.34. The van der Waals surface area contributed by atoms with Gasteiger partial charge in [0.05, 0.1) is 13.2 Å². The van der Waals surface area contributed by atoms with E-state index >= 15 is 0 Å². The fourth-order valence-electron chi connectivity index (χ4n) is 3.76. The summed E-state index contributed by atoms with van der Waals surface area (Å²) in [5.74, 6) is 1.39. The van der Waals surface area contributed by atoms with Crippen LogP contribution in [0.5, 0.6) is 5.75 Å². The second-order valence-electron chi connectivity index (χ2n) is 7.49. The van der Waals surface area contributed by atoms with Gasteiger partial charge in [-0.2, -0.15) is 0 Å². The van der Waals surface area contributed by atoms with Crippen molar-refractivity contribution < 1.29 is 9.53 Å². The number of methoxy groups -OCH3 is 1. The second-order valence-corrected chi connectivity index (χ2v) is 7.92. The summed E-state index contributed by atoms with van der Waals surface area (Å²) in [5, 5.41) is 3.98. The highest BCUT2D eigenvalue weighted by molar-refractivity contribution is 6.30. The van der Waals surface area contributed by atoms with Gasteiger partial charge in [-0.3, -0.25) is 0 Å². The van der Waals surface area contributed by atoms with Gasteiger partial charge in [0.25, 0.3) is 0 Å². The van der Waals surface area contributed by atoms with E-state index in [1.54, 1.807) is 7.11 Å². The van der Waals surface area contributed by atoms with E-state index in [9.17, 15) is 4.79 Å². The number of hydrogen-bond acceptors (Lipinski definition) is 3. The number of nitrogens with zero attached hydrogens (tertiary/aromatic N) is 2. The number of benzene rings is 2. The number of carbonyl (C=O) groups excluding carboxylic acids is 1. The lowest BCUT2D eigenvalue weighted by atomic mass is 10.0. The molecule has 0 radical (unpaired) electrons. The van der Waals surface area contributed by atoms with E-state index in [2.05, 4.69) is 22.3 Å². The lowest BCUT2D eigenvalue weighted by molar-refractivity contribution is 0.189. The lowest BCUT2D eigenvalue weighted by Gasteiger charge is -2.37. The van der Waals surface area contributed by atoms with E-state index in [1.165, 1.54) is 12.8 Å². The van der Waals surface area contributed by atoms with Gasteiger partial charge in [0, 0.05) is 36.9 Å². The van der Waals surface area contributed by atoms with E-state index in [0.717, 1.165) is 48.2 Å². The Labute approximate surface area is 171 Å². The molecule has 1 atom stereocenters. The van der Waals surface area contributed by atoms with Crippen molar-refractivity contribution >= 4 is 23.3 Å². The number of ether oxygens (including phenoxy) is 1. The molecule has 2 aliphatic rings. The number of urea groups is 1. The molecule has 28 heavy (non-hydrogen) atoms. The molecule has 148 valence electrons. The second kappa shape index (κ2) is 8.31. The third kappa shape index (κ3) is 4.36. The highest BCUT2D eigenvalue weighted by Gasteiger charge is 2.34. The summed E-state index contributed by atoms with van der Waals surface area (Å²) >= 11 is 6.01. The normalized spacial score (nSPS) is 17.9. The highest BCUT2D eigenvalue weighted by Crippen LogP contribution is 2.41. The standard InChI is InChI=1S/C22H26ClN3O2/c1-28-20-10-8-19(9-11-20)25-12-14-26(15-13-25)22(27)24-21(16-2-3-16)17-4-6-18(23)7-5-17/h4-11,16,21H,2-3,12-15H2,1H3,(H,24,27). The lowest BCUT2D eigenvalue weighted by Crippen LogP contribution is -2.52. The molecule has 5 nitrogen and oxygen atoms in total. The van der Waals surface area contributed by atoms with E-state index in [4.69, 9.17) is 16.3 Å². The molecule has 0 aromatic heterocycles. The number of hydrogen-bond donors (Lipinski definition) is 1. The van der Waals surface area contributed by atoms with Gasteiger partial charge in [-0.1, -0.05) is 23.7 Å². The molecule has 2 fully saturated rings. The molecule has 1 aliphatic carbocycles. The molecule has 0 bridgehead atoms. The van der Waals surface area contributed by atoms with Gasteiger partial charge in [0.2, 0.25) is 0 Å². The maximum atomic E-state index is 12.9. The average Bonchev–Trinajstić information content (AvgIpc) is 3.58. The van der Waals surface area contributed by atoms with Crippen molar-refractivity contribution in [3.63, 3.8) is 0 Å². The molecule has 1 unspecified atom stereocenters. The van der Waals surface area contributed by atoms with Crippen molar-refractivity contribution in [2.75, 3.05) is 38.2 Å².